The topological polar surface area (TPSA) is 29.8 Å². The summed E-state index contributed by atoms with van der Waals surface area (Å²) in [5.41, 5.74) is 5.90. The molecule has 0 saturated carbocycles. The highest BCUT2D eigenvalue weighted by atomic mass is 16.5. The SMILES string of the molecule is Cc1cc(C=Nc2ccc(N3CCOCC3)cc2)c(C)n1C. The number of anilines is 1. The Bertz CT molecular complexity index is 664. The molecule has 3 rings (SSSR count). The Hall–Kier alpha value is -2.07. The van der Waals surface area contributed by atoms with Crippen molar-refractivity contribution in [2.75, 3.05) is 31.2 Å². The van der Waals surface area contributed by atoms with E-state index in [-0.39, 0.29) is 0 Å². The van der Waals surface area contributed by atoms with E-state index in [9.17, 15) is 0 Å². The largest absolute Gasteiger partial charge is 0.378 e. The van der Waals surface area contributed by atoms with Gasteiger partial charge in [0.15, 0.2) is 0 Å². The Kier molecular flexibility index (Phi) is 4.29. The number of benzene rings is 1. The molecule has 1 fully saturated rings. The van der Waals surface area contributed by atoms with E-state index in [1.807, 2.05) is 6.21 Å². The van der Waals surface area contributed by atoms with Crippen molar-refractivity contribution in [1.82, 2.24) is 4.57 Å². The van der Waals surface area contributed by atoms with Gasteiger partial charge in [-0.05, 0) is 44.2 Å². The molecule has 0 atom stereocenters. The molecule has 4 nitrogen and oxygen atoms in total. The van der Waals surface area contributed by atoms with Crippen molar-refractivity contribution in [3.63, 3.8) is 0 Å². The molecule has 0 N–H and O–H groups in total. The average molecular weight is 297 g/mol. The van der Waals surface area contributed by atoms with E-state index < -0.39 is 0 Å². The monoisotopic (exact) mass is 297 g/mol. The van der Waals surface area contributed by atoms with Crippen LogP contribution in [0, 0.1) is 13.8 Å². The first-order valence-electron chi connectivity index (χ1n) is 7.75. The maximum absolute atomic E-state index is 5.39. The van der Waals surface area contributed by atoms with Crippen LogP contribution in [0.5, 0.6) is 0 Å². The minimum atomic E-state index is 0.812. The highest BCUT2D eigenvalue weighted by Crippen LogP contribution is 2.21. The molecule has 1 aromatic carbocycles. The number of hydrogen-bond donors (Lipinski definition) is 0. The predicted molar refractivity (Wildman–Crippen MR) is 91.6 cm³/mol. The van der Waals surface area contributed by atoms with Gasteiger partial charge in [-0.25, -0.2) is 0 Å². The minimum Gasteiger partial charge on any atom is -0.378 e. The van der Waals surface area contributed by atoms with Crippen LogP contribution >= 0.6 is 0 Å². The lowest BCUT2D eigenvalue weighted by Crippen LogP contribution is -2.36. The van der Waals surface area contributed by atoms with Crippen molar-refractivity contribution in [3.8, 4) is 0 Å². The normalized spacial score (nSPS) is 15.7. The van der Waals surface area contributed by atoms with Crippen molar-refractivity contribution < 1.29 is 4.74 Å². The van der Waals surface area contributed by atoms with Crippen molar-refractivity contribution in [1.29, 1.82) is 0 Å². The molecule has 2 aromatic rings. The Morgan fingerprint density at radius 3 is 2.36 bits per heavy atom. The third-order valence-corrected chi connectivity index (χ3v) is 4.39. The molecule has 22 heavy (non-hydrogen) atoms. The average Bonchev–Trinajstić information content (AvgIpc) is 2.81. The van der Waals surface area contributed by atoms with Crippen molar-refractivity contribution in [2.45, 2.75) is 13.8 Å². The summed E-state index contributed by atoms with van der Waals surface area (Å²) in [6, 6.07) is 10.6. The summed E-state index contributed by atoms with van der Waals surface area (Å²) in [7, 11) is 2.08. The Morgan fingerprint density at radius 2 is 1.77 bits per heavy atom. The lowest BCUT2D eigenvalue weighted by atomic mass is 10.2. The molecule has 0 amide bonds. The molecule has 0 unspecified atom stereocenters. The molecule has 0 radical (unpaired) electrons. The first kappa shape index (κ1) is 14.9. The van der Waals surface area contributed by atoms with Crippen LogP contribution in [0.15, 0.2) is 35.3 Å². The number of nitrogens with zero attached hydrogens (tertiary/aromatic N) is 3. The van der Waals surface area contributed by atoms with Crippen molar-refractivity contribution in [3.05, 3.63) is 47.3 Å². The summed E-state index contributed by atoms with van der Waals surface area (Å²) >= 11 is 0. The maximum Gasteiger partial charge on any atom is 0.0642 e. The highest BCUT2D eigenvalue weighted by molar-refractivity contribution is 5.84. The first-order valence-corrected chi connectivity index (χ1v) is 7.75. The van der Waals surface area contributed by atoms with Gasteiger partial charge < -0.3 is 14.2 Å². The second-order valence-electron chi connectivity index (χ2n) is 5.76. The van der Waals surface area contributed by atoms with Gasteiger partial charge >= 0.3 is 0 Å². The van der Waals surface area contributed by atoms with Gasteiger partial charge in [0, 0.05) is 49.0 Å². The molecule has 1 aromatic heterocycles. The zero-order valence-electron chi connectivity index (χ0n) is 13.5. The van der Waals surface area contributed by atoms with Crippen molar-refractivity contribution in [2.24, 2.45) is 12.0 Å². The molecule has 0 bridgehead atoms. The summed E-state index contributed by atoms with van der Waals surface area (Å²) in [5, 5.41) is 0. The standard InChI is InChI=1S/C18H23N3O/c1-14-12-16(15(2)20(14)3)13-19-17-4-6-18(7-5-17)21-8-10-22-11-9-21/h4-7,12-13H,8-11H2,1-3H3. The molecule has 1 saturated heterocycles. The van der Waals surface area contributed by atoms with Crippen LogP contribution in [-0.4, -0.2) is 37.1 Å². The van der Waals surface area contributed by atoms with Crippen LogP contribution in [0.25, 0.3) is 0 Å². The second kappa shape index (κ2) is 6.36. The van der Waals surface area contributed by atoms with E-state index in [0.717, 1.165) is 32.0 Å². The molecule has 2 heterocycles. The number of aromatic nitrogens is 1. The molecule has 116 valence electrons. The van der Waals surface area contributed by atoms with Gasteiger partial charge in [-0.15, -0.1) is 0 Å². The van der Waals surface area contributed by atoms with Gasteiger partial charge in [0.05, 0.1) is 18.9 Å². The molecule has 0 aliphatic carbocycles. The molecular weight excluding hydrogens is 274 g/mol. The van der Waals surface area contributed by atoms with E-state index >= 15 is 0 Å². The number of aryl methyl sites for hydroxylation is 1. The lowest BCUT2D eigenvalue weighted by molar-refractivity contribution is 0.122. The smallest absolute Gasteiger partial charge is 0.0642 e. The van der Waals surface area contributed by atoms with E-state index in [0.29, 0.717) is 0 Å². The number of morpholine rings is 1. The summed E-state index contributed by atoms with van der Waals surface area (Å²) in [4.78, 5) is 6.95. The summed E-state index contributed by atoms with van der Waals surface area (Å²) < 4.78 is 7.57. The second-order valence-corrected chi connectivity index (χ2v) is 5.76. The molecule has 4 heteroatoms. The third kappa shape index (κ3) is 3.07. The molecule has 0 spiro atoms. The number of aliphatic imine (C=N–C) groups is 1. The number of hydrogen-bond acceptors (Lipinski definition) is 3. The van der Waals surface area contributed by atoms with E-state index in [4.69, 9.17) is 4.74 Å². The quantitative estimate of drug-likeness (QED) is 0.814. The zero-order chi connectivity index (χ0) is 15.5. The van der Waals surface area contributed by atoms with Crippen LogP contribution in [0.2, 0.25) is 0 Å². The molecule has 1 aliphatic heterocycles. The van der Waals surface area contributed by atoms with Gasteiger partial charge in [0.2, 0.25) is 0 Å². The fraction of sp³-hybridized carbons (Fsp3) is 0.389. The van der Waals surface area contributed by atoms with Gasteiger partial charge in [-0.2, -0.15) is 0 Å². The fourth-order valence-corrected chi connectivity index (χ4v) is 2.73. The summed E-state index contributed by atoms with van der Waals surface area (Å²) in [5.74, 6) is 0. The summed E-state index contributed by atoms with van der Waals surface area (Å²) in [6.07, 6.45) is 1.95. The first-order chi connectivity index (χ1) is 10.6. The maximum atomic E-state index is 5.39. The van der Waals surface area contributed by atoms with Crippen LogP contribution in [0.3, 0.4) is 0 Å². The van der Waals surface area contributed by atoms with Gasteiger partial charge in [0.1, 0.15) is 0 Å². The minimum absolute atomic E-state index is 0.812. The third-order valence-electron chi connectivity index (χ3n) is 4.39. The van der Waals surface area contributed by atoms with Crippen LogP contribution in [0.1, 0.15) is 17.0 Å². The van der Waals surface area contributed by atoms with E-state index in [1.165, 1.54) is 22.6 Å². The molecular formula is C18H23N3O. The lowest BCUT2D eigenvalue weighted by Gasteiger charge is -2.28. The highest BCUT2D eigenvalue weighted by Gasteiger charge is 2.10. The van der Waals surface area contributed by atoms with E-state index in [2.05, 4.69) is 65.7 Å². The number of ether oxygens (including phenoxy) is 1. The van der Waals surface area contributed by atoms with Crippen LogP contribution in [0.4, 0.5) is 11.4 Å². The fourth-order valence-electron chi connectivity index (χ4n) is 2.73. The Labute approximate surface area is 132 Å². The predicted octanol–water partition coefficient (Wildman–Crippen LogP) is 3.23. The summed E-state index contributed by atoms with van der Waals surface area (Å²) in [6.45, 7) is 7.78. The Balaban J connectivity index is 1.72. The van der Waals surface area contributed by atoms with E-state index in [1.54, 1.807) is 0 Å². The number of rotatable bonds is 3. The van der Waals surface area contributed by atoms with Gasteiger partial charge in [0.25, 0.3) is 0 Å². The van der Waals surface area contributed by atoms with Crippen LogP contribution < -0.4 is 4.90 Å². The van der Waals surface area contributed by atoms with Crippen LogP contribution in [-0.2, 0) is 11.8 Å². The Morgan fingerprint density at radius 1 is 1.09 bits per heavy atom. The van der Waals surface area contributed by atoms with Crippen molar-refractivity contribution >= 4 is 17.6 Å². The molecule has 1 aliphatic rings. The van der Waals surface area contributed by atoms with Gasteiger partial charge in [-0.3, -0.25) is 4.99 Å². The zero-order valence-corrected chi connectivity index (χ0v) is 13.5. The van der Waals surface area contributed by atoms with Gasteiger partial charge in [-0.1, -0.05) is 0 Å².